The van der Waals surface area contributed by atoms with Crippen molar-refractivity contribution in [1.82, 2.24) is 23.9 Å². The van der Waals surface area contributed by atoms with E-state index >= 15 is 0 Å². The number of nitrogens with zero attached hydrogens (tertiary/aromatic N) is 6. The third-order valence-corrected chi connectivity index (χ3v) is 4.07. The molecule has 0 atom stereocenters. The van der Waals surface area contributed by atoms with Crippen LogP contribution < -0.4 is 16.6 Å². The summed E-state index contributed by atoms with van der Waals surface area (Å²) >= 11 is 0. The van der Waals surface area contributed by atoms with Crippen molar-refractivity contribution in [1.29, 1.82) is 5.26 Å². The molecule has 3 rings (SSSR count). The Morgan fingerprint density at radius 2 is 1.81 bits per heavy atom. The molecule has 0 bridgehead atoms. The second-order valence-electron chi connectivity index (χ2n) is 5.80. The highest BCUT2D eigenvalue weighted by atomic mass is 16.2. The molecule has 0 saturated carbocycles. The zero-order valence-corrected chi connectivity index (χ0v) is 14.4. The van der Waals surface area contributed by atoms with Crippen LogP contribution in [0.1, 0.15) is 16.7 Å². The summed E-state index contributed by atoms with van der Waals surface area (Å²) in [6.45, 7) is 0.994. The van der Waals surface area contributed by atoms with Crippen molar-refractivity contribution in [3.8, 4) is 6.07 Å². The van der Waals surface area contributed by atoms with Crippen molar-refractivity contribution in [3.63, 3.8) is 0 Å². The third kappa shape index (κ3) is 3.25. The first-order valence-corrected chi connectivity index (χ1v) is 7.85. The quantitative estimate of drug-likeness (QED) is 0.703. The molecule has 26 heavy (non-hydrogen) atoms. The molecule has 2 heterocycles. The van der Waals surface area contributed by atoms with Crippen LogP contribution in [0.4, 0.5) is 5.82 Å². The smallest absolute Gasteiger partial charge is 0.332 e. The normalized spacial score (nSPS) is 10.5. The molecule has 0 aliphatic rings. The zero-order valence-electron chi connectivity index (χ0n) is 14.4. The third-order valence-electron chi connectivity index (χ3n) is 4.07. The van der Waals surface area contributed by atoms with Crippen LogP contribution >= 0.6 is 0 Å². The maximum Gasteiger partial charge on any atom is 0.332 e. The molecule has 0 unspecified atom stereocenters. The maximum atomic E-state index is 12.1. The molecular weight excluding hydrogens is 334 g/mol. The molecule has 2 aromatic heterocycles. The molecule has 0 spiro atoms. The second-order valence-corrected chi connectivity index (χ2v) is 5.80. The number of benzene rings is 1. The van der Waals surface area contributed by atoms with E-state index in [4.69, 9.17) is 0 Å². The van der Waals surface area contributed by atoms with Crippen LogP contribution in [-0.4, -0.2) is 23.9 Å². The van der Waals surface area contributed by atoms with E-state index in [0.29, 0.717) is 13.1 Å². The van der Waals surface area contributed by atoms with Gasteiger partial charge < -0.3 is 5.32 Å². The van der Waals surface area contributed by atoms with Crippen LogP contribution in [0.2, 0.25) is 0 Å². The summed E-state index contributed by atoms with van der Waals surface area (Å²) in [5.41, 5.74) is 0.834. The molecule has 9 nitrogen and oxygen atoms in total. The highest BCUT2D eigenvalue weighted by molar-refractivity contribution is 5.51. The summed E-state index contributed by atoms with van der Waals surface area (Å²) in [4.78, 5) is 28.0. The number of nitriles is 1. The molecule has 0 aliphatic heterocycles. The minimum absolute atomic E-state index is 0.0857. The molecule has 0 aliphatic carbocycles. The van der Waals surface area contributed by atoms with Crippen molar-refractivity contribution < 1.29 is 0 Å². The Morgan fingerprint density at radius 3 is 2.42 bits per heavy atom. The molecule has 0 radical (unpaired) electrons. The van der Waals surface area contributed by atoms with Gasteiger partial charge in [0.05, 0.1) is 6.54 Å². The van der Waals surface area contributed by atoms with E-state index in [1.54, 1.807) is 11.0 Å². The van der Waals surface area contributed by atoms with Crippen LogP contribution in [0.5, 0.6) is 0 Å². The largest absolute Gasteiger partial charge is 0.366 e. The van der Waals surface area contributed by atoms with E-state index in [1.165, 1.54) is 25.0 Å². The maximum absolute atomic E-state index is 12.1. The molecule has 1 N–H and O–H groups in total. The highest BCUT2D eigenvalue weighted by Crippen LogP contribution is 2.11. The SMILES string of the molecule is Cn1c(NCc2ccc(Cn3cncn3)cc2)c(C#N)c(=O)n(C)c1=O. The Kier molecular flexibility index (Phi) is 4.66. The topological polar surface area (TPSA) is 111 Å². The van der Waals surface area contributed by atoms with Gasteiger partial charge in [0.1, 0.15) is 24.5 Å². The van der Waals surface area contributed by atoms with Gasteiger partial charge in [-0.05, 0) is 11.1 Å². The van der Waals surface area contributed by atoms with Crippen molar-refractivity contribution in [2.75, 3.05) is 5.32 Å². The van der Waals surface area contributed by atoms with Crippen molar-refractivity contribution in [2.45, 2.75) is 13.1 Å². The van der Waals surface area contributed by atoms with E-state index in [0.717, 1.165) is 15.7 Å². The molecule has 132 valence electrons. The number of rotatable bonds is 5. The zero-order chi connectivity index (χ0) is 18.7. The number of nitrogens with one attached hydrogen (secondary N) is 1. The predicted molar refractivity (Wildman–Crippen MR) is 94.5 cm³/mol. The summed E-state index contributed by atoms with van der Waals surface area (Å²) in [6, 6.07) is 9.67. The van der Waals surface area contributed by atoms with E-state index < -0.39 is 11.2 Å². The lowest BCUT2D eigenvalue weighted by molar-refractivity contribution is 0.683. The van der Waals surface area contributed by atoms with Crippen LogP contribution in [0.25, 0.3) is 0 Å². The highest BCUT2D eigenvalue weighted by Gasteiger charge is 2.14. The molecule has 0 amide bonds. The molecule has 0 fully saturated rings. The van der Waals surface area contributed by atoms with Gasteiger partial charge in [-0.25, -0.2) is 14.5 Å². The first-order valence-electron chi connectivity index (χ1n) is 7.85. The average Bonchev–Trinajstić information content (AvgIpc) is 3.16. The van der Waals surface area contributed by atoms with Crippen LogP contribution in [-0.2, 0) is 27.2 Å². The van der Waals surface area contributed by atoms with Crippen molar-refractivity contribution in [3.05, 3.63) is 74.4 Å². The fourth-order valence-corrected chi connectivity index (χ4v) is 2.60. The minimum Gasteiger partial charge on any atom is -0.366 e. The Balaban J connectivity index is 1.78. The molecule has 0 saturated heterocycles. The van der Waals surface area contributed by atoms with Crippen LogP contribution in [0.15, 0.2) is 46.5 Å². The number of hydrogen-bond acceptors (Lipinski definition) is 6. The first kappa shape index (κ1) is 17.2. The standard InChI is InChI=1S/C17H17N7O2/c1-22-15(14(7-18)16(25)23(2)17(22)26)20-8-12-3-5-13(6-4-12)9-24-11-19-10-21-24/h3-6,10-11,20H,8-9H2,1-2H3. The molecular formula is C17H17N7O2. The van der Waals surface area contributed by atoms with Gasteiger partial charge in [0.15, 0.2) is 5.56 Å². The van der Waals surface area contributed by atoms with E-state index in [-0.39, 0.29) is 11.4 Å². The molecule has 1 aromatic carbocycles. The fraction of sp³-hybridized carbons (Fsp3) is 0.235. The monoisotopic (exact) mass is 351 g/mol. The lowest BCUT2D eigenvalue weighted by atomic mass is 10.1. The summed E-state index contributed by atoms with van der Waals surface area (Å²) in [7, 11) is 2.87. The summed E-state index contributed by atoms with van der Waals surface area (Å²) in [5.74, 6) is 0.215. The minimum atomic E-state index is -0.610. The van der Waals surface area contributed by atoms with Gasteiger partial charge in [-0.2, -0.15) is 10.4 Å². The van der Waals surface area contributed by atoms with Gasteiger partial charge in [-0.15, -0.1) is 0 Å². The summed E-state index contributed by atoms with van der Waals surface area (Å²) in [5, 5.41) is 16.3. The lowest BCUT2D eigenvalue weighted by Crippen LogP contribution is -2.39. The fourth-order valence-electron chi connectivity index (χ4n) is 2.60. The average molecular weight is 351 g/mol. The summed E-state index contributed by atoms with van der Waals surface area (Å²) in [6.07, 6.45) is 3.13. The second kappa shape index (κ2) is 7.06. The van der Waals surface area contributed by atoms with Gasteiger partial charge in [0, 0.05) is 20.6 Å². The number of aromatic nitrogens is 5. The number of hydrogen-bond donors (Lipinski definition) is 1. The Bertz CT molecular complexity index is 1070. The predicted octanol–water partition coefficient (Wildman–Crippen LogP) is 0.208. The van der Waals surface area contributed by atoms with Gasteiger partial charge in [0.2, 0.25) is 0 Å². The van der Waals surface area contributed by atoms with E-state index in [9.17, 15) is 14.9 Å². The van der Waals surface area contributed by atoms with Crippen molar-refractivity contribution in [2.24, 2.45) is 14.1 Å². The lowest BCUT2D eigenvalue weighted by Gasteiger charge is -2.14. The van der Waals surface area contributed by atoms with Gasteiger partial charge in [0.25, 0.3) is 5.56 Å². The first-order chi connectivity index (χ1) is 12.5. The Morgan fingerprint density at radius 1 is 1.12 bits per heavy atom. The Labute approximate surface area is 148 Å². The van der Waals surface area contributed by atoms with Gasteiger partial charge in [-0.3, -0.25) is 13.9 Å². The number of anilines is 1. The van der Waals surface area contributed by atoms with E-state index in [1.807, 2.05) is 30.3 Å². The van der Waals surface area contributed by atoms with Gasteiger partial charge in [-0.1, -0.05) is 24.3 Å². The molecule has 3 aromatic rings. The van der Waals surface area contributed by atoms with E-state index in [2.05, 4.69) is 15.4 Å². The Hall–Kier alpha value is -3.67. The van der Waals surface area contributed by atoms with Crippen LogP contribution in [0.3, 0.4) is 0 Å². The van der Waals surface area contributed by atoms with Gasteiger partial charge >= 0.3 is 5.69 Å². The van der Waals surface area contributed by atoms with Crippen molar-refractivity contribution >= 4 is 5.82 Å². The molecule has 9 heteroatoms. The van der Waals surface area contributed by atoms with Crippen LogP contribution in [0, 0.1) is 11.3 Å². The summed E-state index contributed by atoms with van der Waals surface area (Å²) < 4.78 is 3.91.